The van der Waals surface area contributed by atoms with Gasteiger partial charge in [-0.05, 0) is 43.3 Å². The molecule has 7 nitrogen and oxygen atoms in total. The van der Waals surface area contributed by atoms with Crippen LogP contribution in [0.3, 0.4) is 0 Å². The minimum atomic E-state index is 0.673. The van der Waals surface area contributed by atoms with Crippen molar-refractivity contribution in [2.75, 3.05) is 43.1 Å². The molecule has 0 N–H and O–H groups in total. The maximum Gasteiger partial charge on any atom is 0.186 e. The first-order valence-corrected chi connectivity index (χ1v) is 12.0. The Balaban J connectivity index is 1.42. The normalized spacial score (nSPS) is 14.1. The lowest BCUT2D eigenvalue weighted by Crippen LogP contribution is -2.47. The molecule has 0 bridgehead atoms. The van der Waals surface area contributed by atoms with Crippen molar-refractivity contribution in [2.45, 2.75) is 6.92 Å². The van der Waals surface area contributed by atoms with Crippen molar-refractivity contribution in [2.24, 2.45) is 0 Å². The van der Waals surface area contributed by atoms with Gasteiger partial charge < -0.3 is 14.5 Å². The summed E-state index contributed by atoms with van der Waals surface area (Å²) < 4.78 is 7.40. The number of methoxy groups -OCH3 is 1. The van der Waals surface area contributed by atoms with Gasteiger partial charge in [0.25, 0.3) is 0 Å². The summed E-state index contributed by atoms with van der Waals surface area (Å²) in [6.45, 7) is 5.44. The Morgan fingerprint density at radius 2 is 1.69 bits per heavy atom. The zero-order valence-electron chi connectivity index (χ0n) is 19.6. The Morgan fingerprint density at radius 1 is 0.886 bits per heavy atom. The van der Waals surface area contributed by atoms with Crippen LogP contribution in [0.1, 0.15) is 5.56 Å². The molecule has 6 rings (SSSR count). The summed E-state index contributed by atoms with van der Waals surface area (Å²) in [5, 5.41) is 10.6. The van der Waals surface area contributed by atoms with Crippen LogP contribution in [0.2, 0.25) is 5.02 Å². The molecule has 35 heavy (non-hydrogen) atoms. The van der Waals surface area contributed by atoms with Gasteiger partial charge in [0.1, 0.15) is 17.3 Å². The van der Waals surface area contributed by atoms with E-state index in [-0.39, 0.29) is 0 Å². The lowest BCUT2D eigenvalue weighted by molar-refractivity contribution is 0.413. The lowest BCUT2D eigenvalue weighted by atomic mass is 10.1. The number of ether oxygens (including phenoxy) is 1. The third-order valence-corrected chi connectivity index (χ3v) is 6.82. The molecule has 0 radical (unpaired) electrons. The minimum Gasteiger partial charge on any atom is -0.495 e. The predicted molar refractivity (Wildman–Crippen MR) is 141 cm³/mol. The van der Waals surface area contributed by atoms with Gasteiger partial charge in [-0.1, -0.05) is 52.7 Å². The van der Waals surface area contributed by atoms with E-state index in [2.05, 4.69) is 57.4 Å². The van der Waals surface area contributed by atoms with Crippen LogP contribution in [0, 0.1) is 6.92 Å². The molecule has 5 aromatic rings. The summed E-state index contributed by atoms with van der Waals surface area (Å²) in [5.41, 5.74) is 5.75. The molecule has 8 heteroatoms. The third kappa shape index (κ3) is 3.82. The Labute approximate surface area is 208 Å². The third-order valence-electron chi connectivity index (χ3n) is 6.58. The average molecular weight is 485 g/mol. The highest BCUT2D eigenvalue weighted by molar-refractivity contribution is 6.31. The van der Waals surface area contributed by atoms with Gasteiger partial charge in [-0.2, -0.15) is 4.52 Å². The van der Waals surface area contributed by atoms with E-state index in [0.717, 1.165) is 71.2 Å². The molecular formula is C27H25ClN6O. The number of nitrogens with zero attached hydrogens (tertiary/aromatic N) is 6. The average Bonchev–Trinajstić information content (AvgIpc) is 3.32. The van der Waals surface area contributed by atoms with E-state index in [1.54, 1.807) is 7.11 Å². The fraction of sp³-hybridized carbons (Fsp3) is 0.222. The summed E-state index contributed by atoms with van der Waals surface area (Å²) in [7, 11) is 1.72. The number of hydrogen-bond donors (Lipinski definition) is 0. The second kappa shape index (κ2) is 8.74. The van der Waals surface area contributed by atoms with E-state index >= 15 is 0 Å². The molecule has 3 heterocycles. The topological polar surface area (TPSA) is 58.8 Å². The first kappa shape index (κ1) is 21.7. The zero-order valence-corrected chi connectivity index (χ0v) is 20.4. The first-order chi connectivity index (χ1) is 17.1. The van der Waals surface area contributed by atoms with Gasteiger partial charge in [0.15, 0.2) is 5.65 Å². The highest BCUT2D eigenvalue weighted by Crippen LogP contribution is 2.34. The number of rotatable bonds is 4. The monoisotopic (exact) mass is 484 g/mol. The maximum absolute atomic E-state index is 6.42. The molecule has 0 unspecified atom stereocenters. The fourth-order valence-corrected chi connectivity index (χ4v) is 5.01. The standard InChI is InChI=1S/C27H25ClN6O/c1-18-6-5-7-19(16-18)25-27-29-26(21-17-20(28)10-11-22(21)34(27)31-30-25)33-14-12-32(13-15-33)23-8-3-4-9-24(23)35-2/h3-11,16-17H,12-15H2,1-2H3. The largest absolute Gasteiger partial charge is 0.495 e. The number of halogens is 1. The van der Waals surface area contributed by atoms with Crippen molar-refractivity contribution in [1.82, 2.24) is 19.8 Å². The SMILES string of the molecule is COc1ccccc1N1CCN(c2nc3c(-c4cccc(C)c4)nnn3c3ccc(Cl)cc23)CC1. The molecule has 0 atom stereocenters. The molecule has 0 spiro atoms. The predicted octanol–water partition coefficient (Wildman–Crippen LogP) is 5.24. The van der Waals surface area contributed by atoms with Crippen molar-refractivity contribution in [3.63, 3.8) is 0 Å². The molecular weight excluding hydrogens is 460 g/mol. The number of hydrogen-bond acceptors (Lipinski definition) is 6. The second-order valence-electron chi connectivity index (χ2n) is 8.79. The highest BCUT2D eigenvalue weighted by Gasteiger charge is 2.24. The summed E-state index contributed by atoms with van der Waals surface area (Å²) in [4.78, 5) is 9.82. The number of para-hydroxylation sites is 2. The maximum atomic E-state index is 6.42. The van der Waals surface area contributed by atoms with Gasteiger partial charge in [0.2, 0.25) is 0 Å². The van der Waals surface area contributed by atoms with Crippen molar-refractivity contribution in [3.8, 4) is 17.0 Å². The number of piperazine rings is 1. The molecule has 0 saturated carbocycles. The van der Waals surface area contributed by atoms with Crippen molar-refractivity contribution in [1.29, 1.82) is 0 Å². The number of fused-ring (bicyclic) bond motifs is 3. The first-order valence-electron chi connectivity index (χ1n) is 11.7. The summed E-state index contributed by atoms with van der Waals surface area (Å²) in [6, 6.07) is 22.3. The van der Waals surface area contributed by atoms with E-state index in [4.69, 9.17) is 21.3 Å². The Kier molecular flexibility index (Phi) is 5.41. The van der Waals surface area contributed by atoms with Crippen LogP contribution in [0.4, 0.5) is 11.5 Å². The van der Waals surface area contributed by atoms with Crippen LogP contribution in [0.15, 0.2) is 66.7 Å². The van der Waals surface area contributed by atoms with E-state index in [9.17, 15) is 0 Å². The van der Waals surface area contributed by atoms with Gasteiger partial charge in [0.05, 0.1) is 18.3 Å². The van der Waals surface area contributed by atoms with Gasteiger partial charge in [-0.3, -0.25) is 0 Å². The highest BCUT2D eigenvalue weighted by atomic mass is 35.5. The van der Waals surface area contributed by atoms with Crippen molar-refractivity contribution in [3.05, 3.63) is 77.3 Å². The summed E-state index contributed by atoms with van der Waals surface area (Å²) in [6.07, 6.45) is 0. The quantitative estimate of drug-likeness (QED) is 0.347. The van der Waals surface area contributed by atoms with E-state index < -0.39 is 0 Å². The Bertz CT molecular complexity index is 1540. The Morgan fingerprint density at radius 3 is 2.49 bits per heavy atom. The van der Waals surface area contributed by atoms with Crippen molar-refractivity contribution >= 4 is 39.7 Å². The Hall–Kier alpha value is -3.84. The molecule has 1 aliphatic heterocycles. The summed E-state index contributed by atoms with van der Waals surface area (Å²) in [5.74, 6) is 1.80. The second-order valence-corrected chi connectivity index (χ2v) is 9.22. The van der Waals surface area contributed by atoms with E-state index in [1.165, 1.54) is 5.56 Å². The van der Waals surface area contributed by atoms with Crippen molar-refractivity contribution < 1.29 is 4.74 Å². The van der Waals surface area contributed by atoms with Crippen LogP contribution >= 0.6 is 11.6 Å². The molecule has 0 aliphatic carbocycles. The van der Waals surface area contributed by atoms with Gasteiger partial charge in [-0.15, -0.1) is 5.10 Å². The van der Waals surface area contributed by atoms with E-state index in [0.29, 0.717) is 5.02 Å². The lowest BCUT2D eigenvalue weighted by Gasteiger charge is -2.37. The van der Waals surface area contributed by atoms with Crippen LogP contribution < -0.4 is 14.5 Å². The molecule has 1 aliphatic rings. The van der Waals surface area contributed by atoms with Gasteiger partial charge >= 0.3 is 0 Å². The molecule has 0 amide bonds. The number of aromatic nitrogens is 4. The zero-order chi connectivity index (χ0) is 23.9. The van der Waals surface area contributed by atoms with Crippen LogP contribution in [0.25, 0.3) is 27.8 Å². The van der Waals surface area contributed by atoms with Crippen LogP contribution in [0.5, 0.6) is 5.75 Å². The molecule has 2 aromatic heterocycles. The smallest absolute Gasteiger partial charge is 0.186 e. The van der Waals surface area contributed by atoms with Crippen LogP contribution in [-0.4, -0.2) is 53.1 Å². The molecule has 3 aromatic carbocycles. The van der Waals surface area contributed by atoms with Crippen LogP contribution in [-0.2, 0) is 0 Å². The van der Waals surface area contributed by atoms with Gasteiger partial charge in [0, 0.05) is 42.2 Å². The van der Waals surface area contributed by atoms with Gasteiger partial charge in [-0.25, -0.2) is 4.98 Å². The van der Waals surface area contributed by atoms with E-state index in [1.807, 2.05) is 40.9 Å². The molecule has 176 valence electrons. The number of benzene rings is 3. The minimum absolute atomic E-state index is 0.673. The fourth-order valence-electron chi connectivity index (χ4n) is 4.84. The number of aryl methyl sites for hydroxylation is 1. The molecule has 1 saturated heterocycles. The number of anilines is 2. The molecule has 1 fully saturated rings. The summed E-state index contributed by atoms with van der Waals surface area (Å²) >= 11 is 6.42.